The molecule has 2 N–H and O–H groups in total. The monoisotopic (exact) mass is 639 g/mol. The number of amides is 2. The number of carbonyl (C=O) groups is 3. The molecule has 3 fully saturated rings. The van der Waals surface area contributed by atoms with Crippen LogP contribution in [0.5, 0.6) is 5.75 Å². The van der Waals surface area contributed by atoms with Gasteiger partial charge in [0, 0.05) is 56.3 Å². The van der Waals surface area contributed by atoms with E-state index in [2.05, 4.69) is 10.2 Å². The molecule has 2 atom stereocenters. The van der Waals surface area contributed by atoms with Gasteiger partial charge < -0.3 is 29.4 Å². The normalized spacial score (nSPS) is 19.6. The Morgan fingerprint density at radius 3 is 2.59 bits per heavy atom. The highest BCUT2D eigenvalue weighted by Gasteiger charge is 2.33. The average Bonchev–Trinajstić information content (AvgIpc) is 3.61. The molecular weight excluding hydrogens is 604 g/mol. The van der Waals surface area contributed by atoms with Gasteiger partial charge in [0.2, 0.25) is 11.3 Å². The smallest absolute Gasteiger partial charge is 0.414 e. The first-order chi connectivity index (χ1) is 22.0. The molecule has 2 aromatic carbocycles. The number of benzene rings is 2. The van der Waals surface area contributed by atoms with Crippen LogP contribution in [0.25, 0.3) is 10.9 Å². The third-order valence-electron chi connectivity index (χ3n) is 8.78. The van der Waals surface area contributed by atoms with Crippen molar-refractivity contribution in [2.75, 3.05) is 56.2 Å². The molecule has 0 radical (unpaired) electrons. The number of aromatic nitrogens is 1. The van der Waals surface area contributed by atoms with E-state index in [0.717, 1.165) is 25.3 Å². The number of rotatable bonds is 11. The highest BCUT2D eigenvalue weighted by atomic mass is 19.1. The molecule has 0 bridgehead atoms. The van der Waals surface area contributed by atoms with E-state index in [1.54, 1.807) is 16.7 Å². The Hall–Kier alpha value is -4.72. The molecule has 1 saturated carbocycles. The van der Waals surface area contributed by atoms with Crippen molar-refractivity contribution in [1.29, 1.82) is 0 Å². The summed E-state index contributed by atoms with van der Waals surface area (Å²) in [5.74, 6) is -2.73. The molecule has 3 aliphatic rings. The molecule has 2 aliphatic heterocycles. The van der Waals surface area contributed by atoms with E-state index in [9.17, 15) is 28.7 Å². The van der Waals surface area contributed by atoms with Gasteiger partial charge >= 0.3 is 12.1 Å². The van der Waals surface area contributed by atoms with Crippen molar-refractivity contribution in [3.05, 3.63) is 63.9 Å². The van der Waals surface area contributed by atoms with Crippen LogP contribution in [0.2, 0.25) is 0 Å². The number of nitrogens with zero attached hydrogens (tertiary/aromatic N) is 4. The van der Waals surface area contributed by atoms with E-state index in [-0.39, 0.29) is 54.4 Å². The zero-order valence-corrected chi connectivity index (χ0v) is 25.5. The fraction of sp³-hybridized carbons (Fsp3) is 0.438. The molecule has 1 aromatic heterocycles. The number of nitrogens with one attached hydrogen (secondary N) is 1. The zero-order valence-electron chi connectivity index (χ0n) is 25.5. The van der Waals surface area contributed by atoms with Gasteiger partial charge in [0.1, 0.15) is 24.1 Å². The van der Waals surface area contributed by atoms with Gasteiger partial charge in [-0.3, -0.25) is 19.4 Å². The molecular formula is C32H35F2N5O7. The summed E-state index contributed by atoms with van der Waals surface area (Å²) in [6, 6.07) is 7.20. The number of pyridine rings is 1. The lowest BCUT2D eigenvalue weighted by molar-refractivity contribution is -0.119. The summed E-state index contributed by atoms with van der Waals surface area (Å²) in [4.78, 5) is 53.1. The van der Waals surface area contributed by atoms with Crippen LogP contribution < -0.4 is 25.3 Å². The molecule has 46 heavy (non-hydrogen) atoms. The Morgan fingerprint density at radius 2 is 1.89 bits per heavy atom. The summed E-state index contributed by atoms with van der Waals surface area (Å²) in [7, 11) is 1.92. The number of carboxylic acid groups (broad SMARTS) is 1. The standard InChI is InChI=1S/C32H35F2N5O7/c1-18(40)35-14-22-16-39(32(44)46-22)20-5-6-29(26(34)11-20)45-10-9-36(2)21-7-8-37(15-21)28-13-27-23(12-25(28)33)30(41)24(31(42)43)17-38(27)19-3-4-19/h5-6,11-13,17,19,21-22H,3-4,7-10,14-16H2,1-2H3,(H,35,40)(H,42,43)/t21-,22?/m0/s1. The molecule has 244 valence electrons. The number of halogens is 2. The number of likely N-dealkylation sites (N-methyl/N-ethyl adjacent to an activating group) is 1. The fourth-order valence-corrected chi connectivity index (χ4v) is 6.08. The molecule has 3 aromatic rings. The predicted octanol–water partition coefficient (Wildman–Crippen LogP) is 3.36. The van der Waals surface area contributed by atoms with Gasteiger partial charge in [0.05, 0.1) is 30.0 Å². The van der Waals surface area contributed by atoms with Crippen LogP contribution in [0, 0.1) is 11.6 Å². The third-order valence-corrected chi connectivity index (χ3v) is 8.78. The van der Waals surface area contributed by atoms with Crippen LogP contribution in [-0.2, 0) is 9.53 Å². The number of aromatic carboxylic acids is 1. The molecule has 0 spiro atoms. The lowest BCUT2D eigenvalue weighted by Crippen LogP contribution is -2.37. The van der Waals surface area contributed by atoms with Gasteiger partial charge in [-0.2, -0.15) is 0 Å². The van der Waals surface area contributed by atoms with Gasteiger partial charge in [-0.1, -0.05) is 0 Å². The maximum Gasteiger partial charge on any atom is 0.414 e. The molecule has 3 heterocycles. The molecule has 1 unspecified atom stereocenters. The van der Waals surface area contributed by atoms with Crippen LogP contribution in [0.15, 0.2) is 41.3 Å². The average molecular weight is 640 g/mol. The lowest BCUT2D eigenvalue weighted by atomic mass is 10.1. The maximum atomic E-state index is 15.4. The fourth-order valence-electron chi connectivity index (χ4n) is 6.08. The van der Waals surface area contributed by atoms with Crippen molar-refractivity contribution in [3.8, 4) is 5.75 Å². The van der Waals surface area contributed by atoms with E-state index in [1.165, 1.54) is 30.2 Å². The van der Waals surface area contributed by atoms with Gasteiger partial charge in [-0.05, 0) is 50.6 Å². The summed E-state index contributed by atoms with van der Waals surface area (Å²) in [6.07, 6.45) is 2.70. The zero-order chi connectivity index (χ0) is 32.7. The third kappa shape index (κ3) is 6.34. The molecule has 14 heteroatoms. The van der Waals surface area contributed by atoms with Crippen molar-refractivity contribution in [3.63, 3.8) is 0 Å². The number of anilines is 2. The van der Waals surface area contributed by atoms with Crippen molar-refractivity contribution in [1.82, 2.24) is 14.8 Å². The largest absolute Gasteiger partial charge is 0.489 e. The first kappa shape index (κ1) is 31.3. The van der Waals surface area contributed by atoms with E-state index in [4.69, 9.17) is 9.47 Å². The van der Waals surface area contributed by atoms with Crippen LogP contribution in [0.1, 0.15) is 42.6 Å². The SMILES string of the molecule is CC(=O)NCC1CN(c2ccc(OCCN(C)[C@H]3CCN(c4cc5c(cc4F)c(=O)c(C(=O)O)cn5C4CC4)C3)c(F)c2)C(=O)O1. The highest BCUT2D eigenvalue weighted by Crippen LogP contribution is 2.38. The van der Waals surface area contributed by atoms with Crippen molar-refractivity contribution in [2.45, 2.75) is 44.4 Å². The molecule has 2 amide bonds. The van der Waals surface area contributed by atoms with E-state index in [0.29, 0.717) is 36.5 Å². The van der Waals surface area contributed by atoms with Crippen molar-refractivity contribution < 1.29 is 37.7 Å². The number of cyclic esters (lactones) is 1. The second-order valence-corrected chi connectivity index (χ2v) is 12.0. The first-order valence-corrected chi connectivity index (χ1v) is 15.2. The maximum absolute atomic E-state index is 15.4. The molecule has 12 nitrogen and oxygen atoms in total. The summed E-state index contributed by atoms with van der Waals surface area (Å²) in [5.41, 5.74) is 0.152. The Kier molecular flexibility index (Phi) is 8.55. The number of carbonyl (C=O) groups excluding carboxylic acids is 2. The molecule has 2 saturated heterocycles. The van der Waals surface area contributed by atoms with Crippen LogP contribution in [-0.4, -0.2) is 91.1 Å². The van der Waals surface area contributed by atoms with Crippen LogP contribution in [0.4, 0.5) is 25.0 Å². The van der Waals surface area contributed by atoms with Gasteiger partial charge in [-0.15, -0.1) is 0 Å². The molecule has 1 aliphatic carbocycles. The number of fused-ring (bicyclic) bond motifs is 1. The van der Waals surface area contributed by atoms with Gasteiger partial charge in [0.25, 0.3) is 0 Å². The summed E-state index contributed by atoms with van der Waals surface area (Å²) in [5, 5.41) is 12.2. The van der Waals surface area contributed by atoms with Crippen LogP contribution >= 0.6 is 0 Å². The Bertz CT molecular complexity index is 1760. The minimum absolute atomic E-state index is 0.0403. The minimum Gasteiger partial charge on any atom is -0.489 e. The Morgan fingerprint density at radius 1 is 1.11 bits per heavy atom. The Balaban J connectivity index is 1.06. The number of ether oxygens (including phenoxy) is 2. The number of hydrogen-bond donors (Lipinski definition) is 2. The number of hydrogen-bond acceptors (Lipinski definition) is 8. The lowest BCUT2D eigenvalue weighted by Gasteiger charge is -2.26. The van der Waals surface area contributed by atoms with E-state index >= 15 is 4.39 Å². The van der Waals surface area contributed by atoms with Gasteiger partial charge in [0.15, 0.2) is 11.6 Å². The second-order valence-electron chi connectivity index (χ2n) is 12.0. The van der Waals surface area contributed by atoms with Crippen molar-refractivity contribution >= 4 is 40.2 Å². The minimum atomic E-state index is -1.33. The summed E-state index contributed by atoms with van der Waals surface area (Å²) < 4.78 is 43.0. The second kappa shape index (κ2) is 12.6. The van der Waals surface area contributed by atoms with Crippen LogP contribution in [0.3, 0.4) is 0 Å². The topological polar surface area (TPSA) is 134 Å². The highest BCUT2D eigenvalue weighted by molar-refractivity contribution is 5.94. The van der Waals surface area contributed by atoms with E-state index in [1.807, 2.05) is 11.9 Å². The molecule has 6 rings (SSSR count). The summed E-state index contributed by atoms with van der Waals surface area (Å²) >= 11 is 0. The quantitative estimate of drug-likeness (QED) is 0.324. The van der Waals surface area contributed by atoms with Gasteiger partial charge in [-0.25, -0.2) is 18.4 Å². The van der Waals surface area contributed by atoms with Crippen molar-refractivity contribution in [2.24, 2.45) is 0 Å². The number of carboxylic acids is 1. The summed E-state index contributed by atoms with van der Waals surface area (Å²) in [6.45, 7) is 3.49. The first-order valence-electron chi connectivity index (χ1n) is 15.2. The van der Waals surface area contributed by atoms with E-state index < -0.39 is 35.2 Å². The Labute approximate surface area is 263 Å². The predicted molar refractivity (Wildman–Crippen MR) is 165 cm³/mol.